The van der Waals surface area contributed by atoms with E-state index in [2.05, 4.69) is 4.98 Å². The van der Waals surface area contributed by atoms with Crippen LogP contribution in [0.3, 0.4) is 0 Å². The predicted octanol–water partition coefficient (Wildman–Crippen LogP) is 6.27. The summed E-state index contributed by atoms with van der Waals surface area (Å²) < 4.78 is 13.4. The molecule has 4 aromatic rings. The summed E-state index contributed by atoms with van der Waals surface area (Å²) >= 11 is 2.87. The highest BCUT2D eigenvalue weighted by Crippen LogP contribution is 2.29. The molecule has 0 aliphatic carbocycles. The third-order valence-electron chi connectivity index (χ3n) is 4.73. The molecular formula is C25H20FN3O2S2. The van der Waals surface area contributed by atoms with Gasteiger partial charge in [0.05, 0.1) is 17.9 Å². The normalized spacial score (nSPS) is 11.0. The molecule has 0 unspecified atom stereocenters. The van der Waals surface area contributed by atoms with Crippen LogP contribution in [-0.4, -0.2) is 16.8 Å². The molecule has 2 aromatic heterocycles. The summed E-state index contributed by atoms with van der Waals surface area (Å²) in [5.74, 6) is -0.766. The van der Waals surface area contributed by atoms with E-state index in [9.17, 15) is 14.0 Å². The fourth-order valence-corrected chi connectivity index (χ4v) is 4.73. The number of carbonyl (C=O) groups excluding carboxylic acids is 2. The van der Waals surface area contributed by atoms with Gasteiger partial charge >= 0.3 is 0 Å². The number of hydrogen-bond acceptors (Lipinski definition) is 5. The van der Waals surface area contributed by atoms with Crippen LogP contribution in [0, 0.1) is 5.82 Å². The van der Waals surface area contributed by atoms with Gasteiger partial charge < -0.3 is 4.90 Å². The van der Waals surface area contributed by atoms with Crippen LogP contribution in [0.4, 0.5) is 20.9 Å². The molecule has 0 aliphatic rings. The van der Waals surface area contributed by atoms with E-state index < -0.39 is 0 Å². The SMILES string of the molecule is CC(=O)N(c1ccccc1)c1nc(/C=C/C(=O)N(Cc2cccs2)c2ccc(F)cc2)cs1. The molecule has 0 saturated carbocycles. The number of rotatable bonds is 7. The molecule has 0 N–H and O–H groups in total. The van der Waals surface area contributed by atoms with Crippen molar-refractivity contribution >= 4 is 57.1 Å². The molecular weight excluding hydrogens is 457 g/mol. The fourth-order valence-electron chi connectivity index (χ4n) is 3.18. The highest BCUT2D eigenvalue weighted by molar-refractivity contribution is 7.14. The largest absolute Gasteiger partial charge is 0.304 e. The van der Waals surface area contributed by atoms with Crippen molar-refractivity contribution in [1.82, 2.24) is 4.98 Å². The van der Waals surface area contributed by atoms with Crippen molar-refractivity contribution in [3.05, 3.63) is 100.0 Å². The molecule has 2 amide bonds. The zero-order valence-electron chi connectivity index (χ0n) is 17.7. The van der Waals surface area contributed by atoms with E-state index >= 15 is 0 Å². The minimum Gasteiger partial charge on any atom is -0.304 e. The highest BCUT2D eigenvalue weighted by Gasteiger charge is 2.18. The Morgan fingerprint density at radius 3 is 2.39 bits per heavy atom. The van der Waals surface area contributed by atoms with Crippen LogP contribution in [-0.2, 0) is 16.1 Å². The van der Waals surface area contributed by atoms with Crippen LogP contribution in [0.15, 0.2) is 83.6 Å². The minimum atomic E-state index is -0.360. The van der Waals surface area contributed by atoms with Gasteiger partial charge in [-0.05, 0) is 53.9 Å². The second-order valence-electron chi connectivity index (χ2n) is 7.06. The molecule has 166 valence electrons. The number of thiophene rings is 1. The van der Waals surface area contributed by atoms with Crippen LogP contribution in [0.2, 0.25) is 0 Å². The van der Waals surface area contributed by atoms with Crippen molar-refractivity contribution in [2.24, 2.45) is 0 Å². The number of halogens is 1. The summed E-state index contributed by atoms with van der Waals surface area (Å²) in [5, 5.41) is 4.26. The highest BCUT2D eigenvalue weighted by atomic mass is 32.1. The van der Waals surface area contributed by atoms with Gasteiger partial charge in [-0.15, -0.1) is 22.7 Å². The maximum Gasteiger partial charge on any atom is 0.251 e. The third-order valence-corrected chi connectivity index (χ3v) is 6.43. The van der Waals surface area contributed by atoms with Crippen molar-refractivity contribution in [2.45, 2.75) is 13.5 Å². The molecule has 0 aliphatic heterocycles. The maximum absolute atomic E-state index is 13.4. The number of para-hydroxylation sites is 1. The van der Waals surface area contributed by atoms with Gasteiger partial charge in [-0.25, -0.2) is 9.37 Å². The summed E-state index contributed by atoms with van der Waals surface area (Å²) in [5.41, 5.74) is 1.90. The second-order valence-corrected chi connectivity index (χ2v) is 8.93. The minimum absolute atomic E-state index is 0.152. The van der Waals surface area contributed by atoms with E-state index in [4.69, 9.17) is 0 Å². The average molecular weight is 478 g/mol. The maximum atomic E-state index is 13.4. The Labute approximate surface area is 199 Å². The monoisotopic (exact) mass is 477 g/mol. The molecule has 0 atom stereocenters. The molecule has 0 radical (unpaired) electrons. The molecule has 0 spiro atoms. The lowest BCUT2D eigenvalue weighted by molar-refractivity contribution is -0.116. The first-order chi connectivity index (χ1) is 16.0. The van der Waals surface area contributed by atoms with Gasteiger partial charge in [0.2, 0.25) is 5.91 Å². The average Bonchev–Trinajstić information content (AvgIpc) is 3.50. The number of thiazole rings is 1. The van der Waals surface area contributed by atoms with Gasteiger partial charge in [-0.2, -0.15) is 0 Å². The molecule has 4 rings (SSSR count). The van der Waals surface area contributed by atoms with E-state index in [1.165, 1.54) is 41.4 Å². The number of nitrogens with zero attached hydrogens (tertiary/aromatic N) is 3. The van der Waals surface area contributed by atoms with Gasteiger partial charge in [0.15, 0.2) is 5.13 Å². The lowest BCUT2D eigenvalue weighted by atomic mass is 10.2. The topological polar surface area (TPSA) is 53.5 Å². The Bertz CT molecular complexity index is 1250. The number of carbonyl (C=O) groups is 2. The van der Waals surface area contributed by atoms with E-state index in [1.807, 2.05) is 47.8 Å². The smallest absolute Gasteiger partial charge is 0.251 e. The van der Waals surface area contributed by atoms with E-state index in [1.54, 1.807) is 39.8 Å². The van der Waals surface area contributed by atoms with Crippen LogP contribution in [0.5, 0.6) is 0 Å². The lowest BCUT2D eigenvalue weighted by Crippen LogP contribution is -2.28. The summed E-state index contributed by atoms with van der Waals surface area (Å²) in [7, 11) is 0. The van der Waals surface area contributed by atoms with Crippen LogP contribution in [0.25, 0.3) is 6.08 Å². The molecule has 2 heterocycles. The Kier molecular flexibility index (Phi) is 7.07. The number of anilines is 3. The summed E-state index contributed by atoms with van der Waals surface area (Å²) in [6.45, 7) is 1.86. The van der Waals surface area contributed by atoms with Gasteiger partial charge in [0.25, 0.3) is 5.91 Å². The van der Waals surface area contributed by atoms with E-state index in [0.717, 1.165) is 10.6 Å². The molecule has 2 aromatic carbocycles. The van der Waals surface area contributed by atoms with Crippen LogP contribution < -0.4 is 9.80 Å². The number of benzene rings is 2. The Hall–Kier alpha value is -3.62. The van der Waals surface area contributed by atoms with Gasteiger partial charge in [-0.3, -0.25) is 14.5 Å². The van der Waals surface area contributed by atoms with E-state index in [-0.39, 0.29) is 17.6 Å². The third kappa shape index (κ3) is 5.60. The second kappa shape index (κ2) is 10.3. The first kappa shape index (κ1) is 22.6. The summed E-state index contributed by atoms with van der Waals surface area (Å²) in [4.78, 5) is 33.9. The number of aromatic nitrogens is 1. The van der Waals surface area contributed by atoms with Crippen molar-refractivity contribution in [3.8, 4) is 0 Å². The Morgan fingerprint density at radius 1 is 0.970 bits per heavy atom. The van der Waals surface area contributed by atoms with Crippen molar-refractivity contribution in [2.75, 3.05) is 9.80 Å². The molecule has 0 bridgehead atoms. The zero-order valence-corrected chi connectivity index (χ0v) is 19.4. The lowest BCUT2D eigenvalue weighted by Gasteiger charge is -2.20. The van der Waals surface area contributed by atoms with Crippen LogP contribution >= 0.6 is 22.7 Å². The molecule has 5 nitrogen and oxygen atoms in total. The first-order valence-corrected chi connectivity index (χ1v) is 11.9. The van der Waals surface area contributed by atoms with Gasteiger partial charge in [0, 0.05) is 28.9 Å². The molecule has 33 heavy (non-hydrogen) atoms. The Balaban J connectivity index is 1.55. The van der Waals surface area contributed by atoms with E-state index in [0.29, 0.717) is 23.1 Å². The molecule has 0 saturated heterocycles. The van der Waals surface area contributed by atoms with Crippen molar-refractivity contribution < 1.29 is 14.0 Å². The summed E-state index contributed by atoms with van der Waals surface area (Å²) in [6, 6.07) is 19.0. The molecule has 8 heteroatoms. The predicted molar refractivity (Wildman–Crippen MR) is 132 cm³/mol. The van der Waals surface area contributed by atoms with Crippen LogP contribution in [0.1, 0.15) is 17.5 Å². The van der Waals surface area contributed by atoms with Crippen molar-refractivity contribution in [1.29, 1.82) is 0 Å². The fraction of sp³-hybridized carbons (Fsp3) is 0.0800. The van der Waals surface area contributed by atoms with Gasteiger partial charge in [0.1, 0.15) is 5.82 Å². The number of hydrogen-bond donors (Lipinski definition) is 0. The quantitative estimate of drug-likeness (QED) is 0.295. The Morgan fingerprint density at radius 2 is 1.73 bits per heavy atom. The summed E-state index contributed by atoms with van der Waals surface area (Å²) in [6.07, 6.45) is 3.06. The number of amides is 2. The van der Waals surface area contributed by atoms with Gasteiger partial charge in [-0.1, -0.05) is 24.3 Å². The molecule has 0 fully saturated rings. The van der Waals surface area contributed by atoms with Crippen molar-refractivity contribution in [3.63, 3.8) is 0 Å². The zero-order chi connectivity index (χ0) is 23.2. The first-order valence-electron chi connectivity index (χ1n) is 10.1. The standard InChI is InChI=1S/C25H20FN3O2S2/c1-18(30)29(22-6-3-2-4-7-22)25-27-20(17-33-25)11-14-24(31)28(16-23-8-5-15-32-23)21-12-9-19(26)10-13-21/h2-15,17H,16H2,1H3/b14-11+.